The molecule has 1 aliphatic heterocycles. The lowest BCUT2D eigenvalue weighted by Gasteiger charge is -2.33. The summed E-state index contributed by atoms with van der Waals surface area (Å²) >= 11 is 0. The molecule has 2 aliphatic rings. The molecule has 21 heavy (non-hydrogen) atoms. The van der Waals surface area contributed by atoms with E-state index in [1.165, 1.54) is 0 Å². The number of methoxy groups -OCH3 is 1. The van der Waals surface area contributed by atoms with Crippen molar-refractivity contribution in [3.05, 3.63) is 0 Å². The Kier molecular flexibility index (Phi) is 6.02. The fourth-order valence-corrected chi connectivity index (χ4v) is 3.94. The van der Waals surface area contributed by atoms with Gasteiger partial charge in [-0.1, -0.05) is 13.3 Å². The van der Waals surface area contributed by atoms with Crippen molar-refractivity contribution in [2.75, 3.05) is 33.3 Å². The molecule has 0 bridgehead atoms. The summed E-state index contributed by atoms with van der Waals surface area (Å²) in [7, 11) is 1.77. The third-order valence-electron chi connectivity index (χ3n) is 5.25. The zero-order valence-corrected chi connectivity index (χ0v) is 13.4. The third kappa shape index (κ3) is 3.76. The van der Waals surface area contributed by atoms with E-state index in [2.05, 4.69) is 17.1 Å². The van der Waals surface area contributed by atoms with Crippen molar-refractivity contribution in [1.29, 1.82) is 0 Å². The standard InChI is InChI=1S/C16H30N2O3/c1-3-9-17-16(15(19)20)8-4-5-13(16)6-10-18-11-7-14(12-18)21-2/h13-14,17H,3-12H2,1-2H3,(H,19,20). The average Bonchev–Trinajstić information content (AvgIpc) is 3.10. The smallest absolute Gasteiger partial charge is 0.324 e. The van der Waals surface area contributed by atoms with Crippen LogP contribution >= 0.6 is 0 Å². The summed E-state index contributed by atoms with van der Waals surface area (Å²) in [5.41, 5.74) is -0.684. The quantitative estimate of drug-likeness (QED) is 0.714. The first kappa shape index (κ1) is 16.7. The Hall–Kier alpha value is -0.650. The van der Waals surface area contributed by atoms with E-state index in [1.807, 2.05) is 0 Å². The van der Waals surface area contributed by atoms with Crippen LogP contribution in [0.4, 0.5) is 0 Å². The van der Waals surface area contributed by atoms with E-state index < -0.39 is 11.5 Å². The second-order valence-electron chi connectivity index (χ2n) is 6.53. The maximum absolute atomic E-state index is 11.8. The van der Waals surface area contributed by atoms with Crippen LogP contribution in [-0.2, 0) is 9.53 Å². The van der Waals surface area contributed by atoms with E-state index in [-0.39, 0.29) is 5.92 Å². The molecular weight excluding hydrogens is 268 g/mol. The topological polar surface area (TPSA) is 61.8 Å². The normalized spacial score (nSPS) is 33.6. The maximum atomic E-state index is 11.8. The fourth-order valence-electron chi connectivity index (χ4n) is 3.94. The van der Waals surface area contributed by atoms with Gasteiger partial charge in [-0.15, -0.1) is 0 Å². The maximum Gasteiger partial charge on any atom is 0.324 e. The molecule has 1 aliphatic carbocycles. The number of rotatable bonds is 8. The number of nitrogens with zero attached hydrogens (tertiary/aromatic N) is 1. The van der Waals surface area contributed by atoms with Gasteiger partial charge in [0.25, 0.3) is 0 Å². The summed E-state index contributed by atoms with van der Waals surface area (Å²) in [6.45, 7) is 5.94. The van der Waals surface area contributed by atoms with Crippen LogP contribution in [0.5, 0.6) is 0 Å². The number of ether oxygens (including phenoxy) is 1. The number of aliphatic carboxylic acids is 1. The lowest BCUT2D eigenvalue weighted by atomic mass is 9.84. The van der Waals surface area contributed by atoms with Crippen LogP contribution in [-0.4, -0.2) is 60.9 Å². The number of carbonyl (C=O) groups is 1. The van der Waals surface area contributed by atoms with Crippen LogP contribution < -0.4 is 5.32 Å². The highest BCUT2D eigenvalue weighted by Crippen LogP contribution is 2.38. The highest BCUT2D eigenvalue weighted by atomic mass is 16.5. The Morgan fingerprint density at radius 1 is 1.48 bits per heavy atom. The van der Waals surface area contributed by atoms with Gasteiger partial charge in [0.05, 0.1) is 6.10 Å². The zero-order valence-electron chi connectivity index (χ0n) is 13.4. The van der Waals surface area contributed by atoms with Crippen molar-refractivity contribution in [3.63, 3.8) is 0 Å². The predicted octanol–water partition coefficient (Wildman–Crippen LogP) is 1.72. The minimum absolute atomic E-state index is 0.253. The predicted molar refractivity (Wildman–Crippen MR) is 82.5 cm³/mol. The third-order valence-corrected chi connectivity index (χ3v) is 5.25. The van der Waals surface area contributed by atoms with Gasteiger partial charge in [0.15, 0.2) is 0 Å². The molecule has 0 spiro atoms. The summed E-state index contributed by atoms with van der Waals surface area (Å²) in [6, 6.07) is 0. The van der Waals surface area contributed by atoms with Gasteiger partial charge in [-0.3, -0.25) is 4.79 Å². The largest absolute Gasteiger partial charge is 0.480 e. The van der Waals surface area contributed by atoms with Gasteiger partial charge in [-0.2, -0.15) is 0 Å². The van der Waals surface area contributed by atoms with E-state index in [0.29, 0.717) is 6.10 Å². The Morgan fingerprint density at radius 3 is 2.90 bits per heavy atom. The first-order valence-corrected chi connectivity index (χ1v) is 8.36. The number of likely N-dealkylation sites (tertiary alicyclic amines) is 1. The van der Waals surface area contributed by atoms with Gasteiger partial charge in [-0.05, 0) is 51.1 Å². The van der Waals surface area contributed by atoms with Crippen molar-refractivity contribution >= 4 is 5.97 Å². The fraction of sp³-hybridized carbons (Fsp3) is 0.938. The number of carboxylic acids is 1. The summed E-state index contributed by atoms with van der Waals surface area (Å²) < 4.78 is 5.40. The van der Waals surface area contributed by atoms with Crippen molar-refractivity contribution in [3.8, 4) is 0 Å². The molecule has 122 valence electrons. The molecule has 2 rings (SSSR count). The number of hydrogen-bond donors (Lipinski definition) is 2. The Labute approximate surface area is 128 Å². The molecule has 0 aromatic carbocycles. The summed E-state index contributed by atoms with van der Waals surface area (Å²) in [5.74, 6) is -0.405. The van der Waals surface area contributed by atoms with Gasteiger partial charge < -0.3 is 20.1 Å². The van der Waals surface area contributed by atoms with Crippen LogP contribution in [0, 0.1) is 5.92 Å². The van der Waals surface area contributed by atoms with E-state index in [1.54, 1.807) is 7.11 Å². The van der Waals surface area contributed by atoms with Crippen molar-refractivity contribution in [1.82, 2.24) is 10.2 Å². The zero-order chi connectivity index (χ0) is 15.3. The molecule has 0 aromatic rings. The minimum Gasteiger partial charge on any atom is -0.480 e. The molecule has 3 unspecified atom stereocenters. The molecule has 0 radical (unpaired) electrons. The molecule has 1 heterocycles. The minimum atomic E-state index is -0.684. The first-order valence-electron chi connectivity index (χ1n) is 8.36. The highest BCUT2D eigenvalue weighted by molar-refractivity contribution is 5.79. The first-order chi connectivity index (χ1) is 10.1. The van der Waals surface area contributed by atoms with Crippen LogP contribution in [0.2, 0.25) is 0 Å². The van der Waals surface area contributed by atoms with Crippen molar-refractivity contribution in [2.24, 2.45) is 5.92 Å². The van der Waals surface area contributed by atoms with Crippen LogP contribution in [0.25, 0.3) is 0 Å². The Balaban J connectivity index is 1.89. The lowest BCUT2D eigenvalue weighted by Crippen LogP contribution is -2.55. The van der Waals surface area contributed by atoms with Gasteiger partial charge in [0.1, 0.15) is 5.54 Å². The van der Waals surface area contributed by atoms with E-state index in [9.17, 15) is 9.90 Å². The van der Waals surface area contributed by atoms with E-state index >= 15 is 0 Å². The van der Waals surface area contributed by atoms with E-state index in [4.69, 9.17) is 4.74 Å². The molecule has 5 heteroatoms. The molecule has 1 saturated heterocycles. The monoisotopic (exact) mass is 298 g/mol. The Bertz CT molecular complexity index is 350. The Morgan fingerprint density at radius 2 is 2.29 bits per heavy atom. The van der Waals surface area contributed by atoms with Crippen molar-refractivity contribution in [2.45, 2.75) is 57.1 Å². The molecule has 5 nitrogen and oxygen atoms in total. The molecule has 1 saturated carbocycles. The van der Waals surface area contributed by atoms with Crippen LogP contribution in [0.15, 0.2) is 0 Å². The number of nitrogens with one attached hydrogen (secondary N) is 1. The lowest BCUT2D eigenvalue weighted by molar-refractivity contribution is -0.146. The van der Waals surface area contributed by atoms with Gasteiger partial charge in [0, 0.05) is 20.2 Å². The molecular formula is C16H30N2O3. The van der Waals surface area contributed by atoms with Gasteiger partial charge >= 0.3 is 5.97 Å². The number of hydrogen-bond acceptors (Lipinski definition) is 4. The second-order valence-corrected chi connectivity index (χ2v) is 6.53. The average molecular weight is 298 g/mol. The number of carboxylic acid groups (broad SMARTS) is 1. The van der Waals surface area contributed by atoms with Crippen LogP contribution in [0.3, 0.4) is 0 Å². The SMILES string of the molecule is CCCNC1(C(=O)O)CCCC1CCN1CCC(OC)C1. The van der Waals surface area contributed by atoms with E-state index in [0.717, 1.165) is 64.7 Å². The van der Waals surface area contributed by atoms with Crippen molar-refractivity contribution < 1.29 is 14.6 Å². The van der Waals surface area contributed by atoms with Gasteiger partial charge in [-0.25, -0.2) is 0 Å². The summed E-state index contributed by atoms with van der Waals surface area (Å²) in [5, 5.41) is 13.1. The van der Waals surface area contributed by atoms with Gasteiger partial charge in [0.2, 0.25) is 0 Å². The molecule has 2 fully saturated rings. The summed E-state index contributed by atoms with van der Waals surface area (Å²) in [4.78, 5) is 14.3. The van der Waals surface area contributed by atoms with Crippen LogP contribution in [0.1, 0.15) is 45.4 Å². The molecule has 2 N–H and O–H groups in total. The molecule has 3 atom stereocenters. The summed E-state index contributed by atoms with van der Waals surface area (Å²) in [6.07, 6.45) is 6.23. The highest BCUT2D eigenvalue weighted by Gasteiger charge is 2.48. The molecule has 0 aromatic heterocycles. The second kappa shape index (κ2) is 7.56. The molecule has 0 amide bonds.